The lowest BCUT2D eigenvalue weighted by Gasteiger charge is -2.19. The zero-order valence-electron chi connectivity index (χ0n) is 10.4. The molecule has 0 spiro atoms. The van der Waals surface area contributed by atoms with Crippen LogP contribution in [0.1, 0.15) is 18.7 Å². The Morgan fingerprint density at radius 2 is 2.22 bits per heavy atom. The molecule has 2 N–H and O–H groups in total. The number of nitrogens with one attached hydrogen (secondary N) is 1. The Hall–Kier alpha value is -1.01. The molecule has 0 aromatic carbocycles. The lowest BCUT2D eigenvalue weighted by molar-refractivity contribution is -0.146. The largest absolute Gasteiger partial charge is 0.481 e. The van der Waals surface area contributed by atoms with Crippen LogP contribution in [-0.2, 0) is 15.3 Å². The van der Waals surface area contributed by atoms with Crippen molar-refractivity contribution in [2.24, 2.45) is 5.41 Å². The van der Waals surface area contributed by atoms with Crippen molar-refractivity contribution in [2.75, 3.05) is 12.3 Å². The zero-order chi connectivity index (χ0) is 13.6. The molecule has 6 heteroatoms. The molecule has 18 heavy (non-hydrogen) atoms. The molecule has 1 heterocycles. The summed E-state index contributed by atoms with van der Waals surface area (Å²) in [5.74, 6) is 0.140. The first-order valence-electron chi connectivity index (χ1n) is 5.52. The predicted molar refractivity (Wildman–Crippen MR) is 74.9 cm³/mol. The Balaban J connectivity index is 2.20. The van der Waals surface area contributed by atoms with Crippen LogP contribution in [0.15, 0.2) is 17.5 Å². The van der Waals surface area contributed by atoms with Gasteiger partial charge in [0.15, 0.2) is 0 Å². The highest BCUT2D eigenvalue weighted by Crippen LogP contribution is 2.17. The van der Waals surface area contributed by atoms with E-state index in [1.54, 1.807) is 25.2 Å². The zero-order valence-corrected chi connectivity index (χ0v) is 12.1. The van der Waals surface area contributed by atoms with Gasteiger partial charge in [-0.2, -0.15) is 0 Å². The first-order valence-corrected chi connectivity index (χ1v) is 7.55. The Morgan fingerprint density at radius 1 is 1.50 bits per heavy atom. The molecule has 0 aliphatic rings. The quantitative estimate of drug-likeness (QED) is 0.807. The van der Waals surface area contributed by atoms with E-state index in [0.717, 1.165) is 5.75 Å². The monoisotopic (exact) mass is 287 g/mol. The van der Waals surface area contributed by atoms with Gasteiger partial charge < -0.3 is 10.4 Å². The van der Waals surface area contributed by atoms with E-state index in [9.17, 15) is 9.59 Å². The average molecular weight is 287 g/mol. The fourth-order valence-corrected chi connectivity index (χ4v) is 2.78. The minimum atomic E-state index is -0.923. The van der Waals surface area contributed by atoms with E-state index >= 15 is 0 Å². The van der Waals surface area contributed by atoms with Crippen molar-refractivity contribution in [3.05, 3.63) is 22.4 Å². The molecule has 0 saturated heterocycles. The molecule has 1 aromatic heterocycles. The second-order valence-corrected chi connectivity index (χ2v) is 6.56. The number of rotatable bonds is 7. The van der Waals surface area contributed by atoms with Crippen molar-refractivity contribution < 1.29 is 14.7 Å². The van der Waals surface area contributed by atoms with Crippen molar-refractivity contribution in [3.63, 3.8) is 0 Å². The summed E-state index contributed by atoms with van der Waals surface area (Å²) in [5.41, 5.74) is -0.923. The molecule has 1 amide bonds. The Labute approximate surface area is 115 Å². The Bertz CT molecular complexity index is 401. The van der Waals surface area contributed by atoms with Crippen molar-refractivity contribution in [2.45, 2.75) is 19.6 Å². The third-order valence-corrected chi connectivity index (χ3v) is 4.40. The van der Waals surface area contributed by atoms with Gasteiger partial charge in [-0.05, 0) is 25.3 Å². The van der Waals surface area contributed by atoms with Crippen LogP contribution in [0.3, 0.4) is 0 Å². The molecular weight excluding hydrogens is 270 g/mol. The average Bonchev–Trinajstić information content (AvgIpc) is 2.79. The lowest BCUT2D eigenvalue weighted by Crippen LogP contribution is -2.39. The van der Waals surface area contributed by atoms with Crippen LogP contribution in [0.25, 0.3) is 0 Å². The van der Waals surface area contributed by atoms with E-state index in [1.165, 1.54) is 16.6 Å². The SMILES string of the molecule is CC(C)(CNC(=O)CSCc1cccs1)C(=O)O. The molecule has 0 bridgehead atoms. The highest BCUT2D eigenvalue weighted by Gasteiger charge is 2.27. The van der Waals surface area contributed by atoms with Crippen molar-refractivity contribution >= 4 is 35.0 Å². The number of aliphatic carboxylic acids is 1. The molecule has 100 valence electrons. The summed E-state index contributed by atoms with van der Waals surface area (Å²) in [4.78, 5) is 23.6. The van der Waals surface area contributed by atoms with Gasteiger partial charge in [-0.25, -0.2) is 0 Å². The second-order valence-electron chi connectivity index (χ2n) is 4.54. The van der Waals surface area contributed by atoms with Gasteiger partial charge in [-0.1, -0.05) is 6.07 Å². The Kier molecular flexibility index (Phi) is 5.68. The molecule has 0 unspecified atom stereocenters. The van der Waals surface area contributed by atoms with Crippen molar-refractivity contribution in [1.29, 1.82) is 0 Å². The fourth-order valence-electron chi connectivity index (χ4n) is 1.09. The summed E-state index contributed by atoms with van der Waals surface area (Å²) >= 11 is 3.19. The molecule has 4 nitrogen and oxygen atoms in total. The number of carboxylic acids is 1. The predicted octanol–water partition coefficient (Wildman–Crippen LogP) is 2.21. The van der Waals surface area contributed by atoms with Gasteiger partial charge in [0, 0.05) is 17.2 Å². The standard InChI is InChI=1S/C12H17NO3S2/c1-12(2,11(15)16)8-13-10(14)7-17-6-9-4-3-5-18-9/h3-5H,6-8H2,1-2H3,(H,13,14)(H,15,16). The maximum absolute atomic E-state index is 11.5. The molecule has 0 radical (unpaired) electrons. The van der Waals surface area contributed by atoms with Crippen LogP contribution in [0.4, 0.5) is 0 Å². The van der Waals surface area contributed by atoms with E-state index in [-0.39, 0.29) is 12.5 Å². The number of thiophene rings is 1. The van der Waals surface area contributed by atoms with Crippen LogP contribution in [0.2, 0.25) is 0 Å². The maximum Gasteiger partial charge on any atom is 0.310 e. The first kappa shape index (κ1) is 15.0. The summed E-state index contributed by atoms with van der Waals surface area (Å²) in [6.07, 6.45) is 0. The van der Waals surface area contributed by atoms with E-state index in [4.69, 9.17) is 5.11 Å². The van der Waals surface area contributed by atoms with Crippen LogP contribution >= 0.6 is 23.1 Å². The summed E-state index contributed by atoms with van der Waals surface area (Å²) in [6, 6.07) is 4.01. The molecule has 1 aromatic rings. The van der Waals surface area contributed by atoms with Gasteiger partial charge in [0.2, 0.25) is 5.91 Å². The maximum atomic E-state index is 11.5. The van der Waals surface area contributed by atoms with Gasteiger partial charge in [0.1, 0.15) is 0 Å². The second kappa shape index (κ2) is 6.80. The third kappa shape index (κ3) is 5.10. The number of amides is 1. The molecule has 0 atom stereocenters. The number of carbonyl (C=O) groups is 2. The Morgan fingerprint density at radius 3 is 2.78 bits per heavy atom. The van der Waals surface area contributed by atoms with Gasteiger partial charge in [-0.3, -0.25) is 9.59 Å². The number of carbonyl (C=O) groups excluding carboxylic acids is 1. The molecule has 0 aliphatic heterocycles. The summed E-state index contributed by atoms with van der Waals surface area (Å²) in [7, 11) is 0. The topological polar surface area (TPSA) is 66.4 Å². The van der Waals surface area contributed by atoms with Gasteiger partial charge in [0.05, 0.1) is 11.2 Å². The van der Waals surface area contributed by atoms with Gasteiger partial charge in [0.25, 0.3) is 0 Å². The van der Waals surface area contributed by atoms with Crippen molar-refractivity contribution in [3.8, 4) is 0 Å². The summed E-state index contributed by atoms with van der Waals surface area (Å²) < 4.78 is 0. The smallest absolute Gasteiger partial charge is 0.310 e. The minimum Gasteiger partial charge on any atom is -0.481 e. The van der Waals surface area contributed by atoms with Crippen LogP contribution < -0.4 is 5.32 Å². The number of thioether (sulfide) groups is 1. The highest BCUT2D eigenvalue weighted by molar-refractivity contribution is 7.99. The van der Waals surface area contributed by atoms with E-state index in [2.05, 4.69) is 5.32 Å². The summed E-state index contributed by atoms with van der Waals surface area (Å²) in [6.45, 7) is 3.34. The molecule has 0 saturated carbocycles. The van der Waals surface area contributed by atoms with Crippen LogP contribution in [-0.4, -0.2) is 29.3 Å². The highest BCUT2D eigenvalue weighted by atomic mass is 32.2. The minimum absolute atomic E-state index is 0.120. The van der Waals surface area contributed by atoms with Gasteiger partial charge >= 0.3 is 5.97 Å². The van der Waals surface area contributed by atoms with E-state index < -0.39 is 11.4 Å². The summed E-state index contributed by atoms with van der Waals surface area (Å²) in [5, 5.41) is 13.6. The third-order valence-electron chi connectivity index (χ3n) is 2.36. The van der Waals surface area contributed by atoms with E-state index in [0.29, 0.717) is 5.75 Å². The number of hydrogen-bond donors (Lipinski definition) is 2. The normalized spacial score (nSPS) is 11.2. The molecular formula is C12H17NO3S2. The van der Waals surface area contributed by atoms with E-state index in [1.807, 2.05) is 17.5 Å². The van der Waals surface area contributed by atoms with Gasteiger partial charge in [-0.15, -0.1) is 23.1 Å². The molecule has 1 rings (SSSR count). The molecule has 0 fully saturated rings. The van der Waals surface area contributed by atoms with Crippen LogP contribution in [0.5, 0.6) is 0 Å². The number of hydrogen-bond acceptors (Lipinski definition) is 4. The number of carboxylic acid groups (broad SMARTS) is 1. The molecule has 0 aliphatic carbocycles. The van der Waals surface area contributed by atoms with Crippen molar-refractivity contribution in [1.82, 2.24) is 5.32 Å². The van der Waals surface area contributed by atoms with Crippen LogP contribution in [0, 0.1) is 5.41 Å². The lowest BCUT2D eigenvalue weighted by atomic mass is 9.94. The first-order chi connectivity index (χ1) is 8.42. The fraction of sp³-hybridized carbons (Fsp3) is 0.500.